The first-order valence-corrected chi connectivity index (χ1v) is 5.82. The van der Waals surface area contributed by atoms with Gasteiger partial charge in [0.2, 0.25) is 11.8 Å². The number of hydrogen-bond acceptors (Lipinski definition) is 4. The molecule has 0 aromatic carbocycles. The van der Waals surface area contributed by atoms with Crippen LogP contribution in [0.4, 0.5) is 0 Å². The summed E-state index contributed by atoms with van der Waals surface area (Å²) < 4.78 is 5.57. The van der Waals surface area contributed by atoms with Crippen molar-refractivity contribution < 1.29 is 24.2 Å². The van der Waals surface area contributed by atoms with Crippen LogP contribution in [0.2, 0.25) is 0 Å². The van der Waals surface area contributed by atoms with Crippen molar-refractivity contribution in [3.63, 3.8) is 0 Å². The van der Waals surface area contributed by atoms with E-state index in [1.807, 2.05) is 0 Å². The van der Waals surface area contributed by atoms with Gasteiger partial charge in [0, 0.05) is 6.54 Å². The second-order valence-corrected chi connectivity index (χ2v) is 4.81. The molecule has 0 aromatic heterocycles. The Bertz CT molecular complexity index is 379. The lowest BCUT2D eigenvalue weighted by molar-refractivity contribution is -0.144. The molecule has 3 fully saturated rings. The Morgan fingerprint density at radius 1 is 1.24 bits per heavy atom. The molecule has 3 saturated heterocycles. The summed E-state index contributed by atoms with van der Waals surface area (Å²) >= 11 is 0. The molecule has 3 heterocycles. The molecular weight excluding hydrogens is 226 g/mol. The van der Waals surface area contributed by atoms with Gasteiger partial charge in [-0.2, -0.15) is 0 Å². The SMILES string of the molecule is O=C(O)CCN1C(=O)[C@@H]2[C@H](C1=O)[C@H]1CC[C@H]2O1. The topological polar surface area (TPSA) is 83.9 Å². The molecule has 0 spiro atoms. The molecule has 3 rings (SSSR count). The smallest absolute Gasteiger partial charge is 0.305 e. The van der Waals surface area contributed by atoms with E-state index in [1.165, 1.54) is 0 Å². The van der Waals surface area contributed by atoms with Gasteiger partial charge in [-0.05, 0) is 12.8 Å². The molecule has 6 heteroatoms. The van der Waals surface area contributed by atoms with Gasteiger partial charge >= 0.3 is 5.97 Å². The van der Waals surface area contributed by atoms with Gasteiger partial charge in [0.15, 0.2) is 0 Å². The highest BCUT2D eigenvalue weighted by Gasteiger charge is 2.62. The first-order chi connectivity index (χ1) is 8.09. The molecule has 4 atom stereocenters. The van der Waals surface area contributed by atoms with E-state index in [1.54, 1.807) is 0 Å². The van der Waals surface area contributed by atoms with Crippen LogP contribution in [-0.2, 0) is 19.1 Å². The van der Waals surface area contributed by atoms with Crippen molar-refractivity contribution in [2.45, 2.75) is 31.5 Å². The summed E-state index contributed by atoms with van der Waals surface area (Å²) in [5, 5.41) is 8.59. The highest BCUT2D eigenvalue weighted by atomic mass is 16.5. The van der Waals surface area contributed by atoms with E-state index in [2.05, 4.69) is 0 Å². The van der Waals surface area contributed by atoms with Gasteiger partial charge < -0.3 is 9.84 Å². The normalized spacial score (nSPS) is 38.9. The number of fused-ring (bicyclic) bond motifs is 5. The predicted octanol–water partition coefficient (Wildman–Crippen LogP) is -0.377. The monoisotopic (exact) mass is 239 g/mol. The first kappa shape index (κ1) is 10.7. The van der Waals surface area contributed by atoms with Gasteiger partial charge in [-0.15, -0.1) is 0 Å². The molecule has 0 aliphatic carbocycles. The zero-order valence-electron chi connectivity index (χ0n) is 9.17. The number of ether oxygens (including phenoxy) is 1. The number of hydrogen-bond donors (Lipinski definition) is 1. The van der Waals surface area contributed by atoms with E-state index in [0.29, 0.717) is 0 Å². The van der Waals surface area contributed by atoms with Crippen LogP contribution in [0.5, 0.6) is 0 Å². The Morgan fingerprint density at radius 2 is 1.76 bits per heavy atom. The third kappa shape index (κ3) is 1.40. The van der Waals surface area contributed by atoms with Crippen molar-refractivity contribution in [1.82, 2.24) is 4.90 Å². The van der Waals surface area contributed by atoms with E-state index in [-0.39, 0.29) is 48.8 Å². The summed E-state index contributed by atoms with van der Waals surface area (Å²) in [6.07, 6.45) is 1.22. The number of nitrogens with zero attached hydrogens (tertiary/aromatic N) is 1. The molecule has 92 valence electrons. The van der Waals surface area contributed by atoms with Crippen LogP contribution in [0.3, 0.4) is 0 Å². The van der Waals surface area contributed by atoms with Crippen molar-refractivity contribution in [3.05, 3.63) is 0 Å². The summed E-state index contributed by atoms with van der Waals surface area (Å²) in [7, 11) is 0. The van der Waals surface area contributed by atoms with Crippen LogP contribution in [0.1, 0.15) is 19.3 Å². The second-order valence-electron chi connectivity index (χ2n) is 4.81. The summed E-state index contributed by atoms with van der Waals surface area (Å²) in [6, 6.07) is 0. The highest BCUT2D eigenvalue weighted by Crippen LogP contribution is 2.48. The Labute approximate surface area is 97.5 Å². The quantitative estimate of drug-likeness (QED) is 0.679. The number of likely N-dealkylation sites (tertiary alicyclic amines) is 1. The lowest BCUT2D eigenvalue weighted by Gasteiger charge is -2.15. The average Bonchev–Trinajstić information content (AvgIpc) is 2.92. The number of imide groups is 1. The third-order valence-electron chi connectivity index (χ3n) is 3.92. The maximum absolute atomic E-state index is 12.0. The minimum atomic E-state index is -0.998. The lowest BCUT2D eigenvalue weighted by Crippen LogP contribution is -2.35. The van der Waals surface area contributed by atoms with Crippen LogP contribution >= 0.6 is 0 Å². The lowest BCUT2D eigenvalue weighted by atomic mass is 9.81. The molecule has 2 amide bonds. The van der Waals surface area contributed by atoms with E-state index >= 15 is 0 Å². The Balaban J connectivity index is 1.78. The van der Waals surface area contributed by atoms with Crippen LogP contribution in [-0.4, -0.2) is 46.5 Å². The van der Waals surface area contributed by atoms with Crippen LogP contribution in [0, 0.1) is 11.8 Å². The molecule has 6 nitrogen and oxygen atoms in total. The molecule has 17 heavy (non-hydrogen) atoms. The van der Waals surface area contributed by atoms with Gasteiger partial charge in [0.25, 0.3) is 0 Å². The van der Waals surface area contributed by atoms with Crippen molar-refractivity contribution in [1.29, 1.82) is 0 Å². The second kappa shape index (κ2) is 3.53. The molecule has 3 aliphatic heterocycles. The molecule has 1 N–H and O–H groups in total. The van der Waals surface area contributed by atoms with Crippen molar-refractivity contribution in [3.8, 4) is 0 Å². The Hall–Kier alpha value is -1.43. The molecular formula is C11H13NO5. The molecule has 0 unspecified atom stereocenters. The van der Waals surface area contributed by atoms with Crippen LogP contribution in [0.15, 0.2) is 0 Å². The summed E-state index contributed by atoms with van der Waals surface area (Å²) in [6.45, 7) is -0.0144. The zero-order chi connectivity index (χ0) is 12.2. The van der Waals surface area contributed by atoms with Gasteiger partial charge in [-0.25, -0.2) is 0 Å². The van der Waals surface area contributed by atoms with E-state index < -0.39 is 5.97 Å². The summed E-state index contributed by atoms with van der Waals surface area (Å²) in [5.41, 5.74) is 0. The molecule has 3 aliphatic rings. The maximum Gasteiger partial charge on any atom is 0.305 e. The number of carboxylic acids is 1. The van der Waals surface area contributed by atoms with Gasteiger partial charge in [0.05, 0.1) is 30.5 Å². The standard InChI is InChI=1S/C11H13NO5/c13-7(14)3-4-12-10(15)8-5-1-2-6(17-5)9(8)11(12)16/h5-6,8-9H,1-4H2,(H,13,14)/t5-,6-,8-,9+/m1/s1. The minimum Gasteiger partial charge on any atom is -0.481 e. The fourth-order valence-corrected chi connectivity index (χ4v) is 3.20. The Morgan fingerprint density at radius 3 is 2.24 bits per heavy atom. The fraction of sp³-hybridized carbons (Fsp3) is 0.727. The largest absolute Gasteiger partial charge is 0.481 e. The third-order valence-corrected chi connectivity index (χ3v) is 3.92. The average molecular weight is 239 g/mol. The van der Waals surface area contributed by atoms with Crippen molar-refractivity contribution in [2.75, 3.05) is 6.54 Å². The maximum atomic E-state index is 12.0. The number of carbonyl (C=O) groups excluding carboxylic acids is 2. The minimum absolute atomic E-state index is 0.0144. The van der Waals surface area contributed by atoms with Crippen LogP contribution in [0.25, 0.3) is 0 Å². The van der Waals surface area contributed by atoms with E-state index in [0.717, 1.165) is 17.7 Å². The number of carboxylic acid groups (broad SMARTS) is 1. The molecule has 0 saturated carbocycles. The molecule has 2 bridgehead atoms. The summed E-state index contributed by atoms with van der Waals surface area (Å²) in [4.78, 5) is 35.7. The summed E-state index contributed by atoms with van der Waals surface area (Å²) in [5.74, 6) is -2.19. The molecule has 0 aromatic rings. The zero-order valence-corrected chi connectivity index (χ0v) is 9.17. The van der Waals surface area contributed by atoms with E-state index in [9.17, 15) is 14.4 Å². The number of carbonyl (C=O) groups is 3. The number of aliphatic carboxylic acids is 1. The van der Waals surface area contributed by atoms with Gasteiger partial charge in [-0.3, -0.25) is 19.3 Å². The van der Waals surface area contributed by atoms with Crippen LogP contribution < -0.4 is 0 Å². The number of amides is 2. The Kier molecular flexibility index (Phi) is 2.22. The van der Waals surface area contributed by atoms with Crippen molar-refractivity contribution >= 4 is 17.8 Å². The first-order valence-electron chi connectivity index (χ1n) is 5.82. The predicted molar refractivity (Wildman–Crippen MR) is 53.8 cm³/mol. The van der Waals surface area contributed by atoms with Gasteiger partial charge in [-0.1, -0.05) is 0 Å². The van der Waals surface area contributed by atoms with Crippen molar-refractivity contribution in [2.24, 2.45) is 11.8 Å². The highest BCUT2D eigenvalue weighted by molar-refractivity contribution is 6.06. The fourth-order valence-electron chi connectivity index (χ4n) is 3.20. The number of rotatable bonds is 3. The van der Waals surface area contributed by atoms with Gasteiger partial charge in [0.1, 0.15) is 0 Å². The van der Waals surface area contributed by atoms with E-state index in [4.69, 9.17) is 9.84 Å². The molecule has 0 radical (unpaired) electrons.